The average molecular weight is 433 g/mol. The highest BCUT2D eigenvalue weighted by molar-refractivity contribution is 5.98. The number of rotatable bonds is 9. The van der Waals surface area contributed by atoms with Crippen molar-refractivity contribution in [3.63, 3.8) is 0 Å². The first-order valence-electron chi connectivity index (χ1n) is 11.1. The van der Waals surface area contributed by atoms with Crippen molar-refractivity contribution in [1.29, 1.82) is 0 Å². The van der Waals surface area contributed by atoms with Crippen molar-refractivity contribution in [2.24, 2.45) is 5.92 Å². The lowest BCUT2D eigenvalue weighted by atomic mass is 10.0. The molecule has 3 rings (SSSR count). The normalized spacial score (nSPS) is 12.1. The monoisotopic (exact) mass is 432 g/mol. The Kier molecular flexibility index (Phi) is 7.82. The summed E-state index contributed by atoms with van der Waals surface area (Å²) in [7, 11) is 0. The van der Waals surface area contributed by atoms with Crippen LogP contribution in [0, 0.1) is 5.92 Å². The van der Waals surface area contributed by atoms with Gasteiger partial charge in [0.2, 0.25) is 5.91 Å². The van der Waals surface area contributed by atoms with E-state index < -0.39 is 6.04 Å². The van der Waals surface area contributed by atoms with E-state index in [1.807, 2.05) is 80.8 Å². The van der Waals surface area contributed by atoms with Crippen LogP contribution in [0.5, 0.6) is 0 Å². The van der Waals surface area contributed by atoms with E-state index in [1.54, 1.807) is 0 Å². The summed E-state index contributed by atoms with van der Waals surface area (Å²) in [5.74, 6) is 1.16. The van der Waals surface area contributed by atoms with Gasteiger partial charge in [0.15, 0.2) is 0 Å². The van der Waals surface area contributed by atoms with Crippen LogP contribution in [0.15, 0.2) is 67.0 Å². The van der Waals surface area contributed by atoms with E-state index in [1.165, 1.54) is 0 Å². The molecule has 0 aliphatic carbocycles. The molecule has 0 saturated heterocycles. The highest BCUT2D eigenvalue weighted by atomic mass is 16.2. The van der Waals surface area contributed by atoms with E-state index in [9.17, 15) is 9.59 Å². The van der Waals surface area contributed by atoms with Crippen LogP contribution in [-0.2, 0) is 16.1 Å². The maximum absolute atomic E-state index is 13.2. The molecular weight excluding hydrogens is 400 g/mol. The largest absolute Gasteiger partial charge is 0.341 e. The van der Waals surface area contributed by atoms with Crippen LogP contribution in [0.1, 0.15) is 63.0 Å². The van der Waals surface area contributed by atoms with Gasteiger partial charge in [-0.3, -0.25) is 9.59 Å². The van der Waals surface area contributed by atoms with Gasteiger partial charge in [-0.1, -0.05) is 70.2 Å². The standard InChI is InChI=1S/C26H32N4O2/c1-18(2)15-23(31)29-24(21-10-6-5-7-11-21)26(32)28-22-12-8-9-20(16-22)17-30-14-13-27-25(30)19(3)4/h5-14,16,18-19,24H,15,17H2,1-4H3,(H,28,32)(H,29,31). The molecular formula is C26H32N4O2. The molecule has 0 aliphatic heterocycles. The van der Waals surface area contributed by atoms with Gasteiger partial charge in [0.05, 0.1) is 0 Å². The zero-order chi connectivity index (χ0) is 23.1. The molecule has 2 aromatic carbocycles. The van der Waals surface area contributed by atoms with Crippen molar-refractivity contribution in [1.82, 2.24) is 14.9 Å². The van der Waals surface area contributed by atoms with Crippen LogP contribution in [0.4, 0.5) is 5.69 Å². The molecule has 1 atom stereocenters. The summed E-state index contributed by atoms with van der Waals surface area (Å²) < 4.78 is 2.12. The number of imidazole rings is 1. The summed E-state index contributed by atoms with van der Waals surface area (Å²) in [5, 5.41) is 5.87. The molecule has 0 fully saturated rings. The molecule has 0 bridgehead atoms. The second kappa shape index (κ2) is 10.8. The number of benzene rings is 2. The van der Waals surface area contributed by atoms with Gasteiger partial charge in [-0.25, -0.2) is 4.98 Å². The molecule has 3 aromatic rings. The first-order chi connectivity index (χ1) is 15.3. The summed E-state index contributed by atoms with van der Waals surface area (Å²) in [6, 6.07) is 16.3. The second-order valence-corrected chi connectivity index (χ2v) is 8.77. The summed E-state index contributed by atoms with van der Waals surface area (Å²) in [6.45, 7) is 8.87. The lowest BCUT2D eigenvalue weighted by Gasteiger charge is -2.20. The fourth-order valence-corrected chi connectivity index (χ4v) is 3.65. The van der Waals surface area contributed by atoms with Gasteiger partial charge >= 0.3 is 0 Å². The van der Waals surface area contributed by atoms with Gasteiger partial charge in [-0.05, 0) is 29.2 Å². The van der Waals surface area contributed by atoms with Crippen LogP contribution in [0.2, 0.25) is 0 Å². The number of nitrogens with one attached hydrogen (secondary N) is 2. The number of carbonyl (C=O) groups is 2. The third kappa shape index (κ3) is 6.30. The molecule has 0 saturated carbocycles. The average Bonchev–Trinajstić information content (AvgIpc) is 3.21. The highest BCUT2D eigenvalue weighted by Gasteiger charge is 2.23. The molecule has 2 amide bonds. The lowest BCUT2D eigenvalue weighted by Crippen LogP contribution is -2.37. The summed E-state index contributed by atoms with van der Waals surface area (Å²) in [4.78, 5) is 30.0. The Bertz CT molecular complexity index is 1040. The van der Waals surface area contributed by atoms with E-state index in [-0.39, 0.29) is 17.7 Å². The van der Waals surface area contributed by atoms with Gasteiger partial charge in [0.1, 0.15) is 11.9 Å². The minimum atomic E-state index is -0.757. The Hall–Kier alpha value is -3.41. The Morgan fingerprint density at radius 2 is 1.75 bits per heavy atom. The Morgan fingerprint density at radius 1 is 1.00 bits per heavy atom. The quantitative estimate of drug-likeness (QED) is 0.505. The Morgan fingerprint density at radius 3 is 2.44 bits per heavy atom. The minimum absolute atomic E-state index is 0.140. The fourth-order valence-electron chi connectivity index (χ4n) is 3.65. The molecule has 0 aliphatic rings. The van der Waals surface area contributed by atoms with Crippen LogP contribution < -0.4 is 10.6 Å². The van der Waals surface area contributed by atoms with Crippen LogP contribution in [0.25, 0.3) is 0 Å². The van der Waals surface area contributed by atoms with Crippen molar-refractivity contribution in [2.45, 2.75) is 52.6 Å². The molecule has 6 heteroatoms. The van der Waals surface area contributed by atoms with E-state index in [0.717, 1.165) is 17.0 Å². The maximum Gasteiger partial charge on any atom is 0.251 e. The van der Waals surface area contributed by atoms with E-state index >= 15 is 0 Å². The predicted molar refractivity (Wildman–Crippen MR) is 127 cm³/mol. The van der Waals surface area contributed by atoms with Gasteiger partial charge in [-0.15, -0.1) is 0 Å². The van der Waals surface area contributed by atoms with E-state index in [4.69, 9.17) is 0 Å². The second-order valence-electron chi connectivity index (χ2n) is 8.77. The van der Waals surface area contributed by atoms with Crippen LogP contribution in [0.3, 0.4) is 0 Å². The molecule has 168 valence electrons. The molecule has 2 N–H and O–H groups in total. The zero-order valence-electron chi connectivity index (χ0n) is 19.2. The SMILES string of the molecule is CC(C)CC(=O)NC(C(=O)Nc1cccc(Cn2ccnc2C(C)C)c1)c1ccccc1. The van der Waals surface area contributed by atoms with Crippen molar-refractivity contribution < 1.29 is 9.59 Å². The minimum Gasteiger partial charge on any atom is -0.341 e. The number of carbonyl (C=O) groups excluding carboxylic acids is 2. The van der Waals surface area contributed by atoms with E-state index in [0.29, 0.717) is 24.6 Å². The molecule has 1 aromatic heterocycles. The number of hydrogen-bond acceptors (Lipinski definition) is 3. The molecule has 1 heterocycles. The molecule has 0 radical (unpaired) electrons. The number of anilines is 1. The Labute approximate surface area is 190 Å². The first kappa shape index (κ1) is 23.3. The molecule has 1 unspecified atom stereocenters. The number of aromatic nitrogens is 2. The number of amides is 2. The lowest BCUT2D eigenvalue weighted by molar-refractivity contribution is -0.127. The fraction of sp³-hybridized carbons (Fsp3) is 0.346. The van der Waals surface area contributed by atoms with Gasteiger partial charge in [0.25, 0.3) is 5.91 Å². The predicted octanol–water partition coefficient (Wildman–Crippen LogP) is 4.90. The number of nitrogens with zero attached hydrogens (tertiary/aromatic N) is 2. The topological polar surface area (TPSA) is 76.0 Å². The van der Waals surface area contributed by atoms with Gasteiger partial charge in [0, 0.05) is 37.0 Å². The highest BCUT2D eigenvalue weighted by Crippen LogP contribution is 2.19. The van der Waals surface area contributed by atoms with Crippen LogP contribution >= 0.6 is 0 Å². The summed E-state index contributed by atoms with van der Waals surface area (Å²) in [5.41, 5.74) is 2.50. The van der Waals surface area contributed by atoms with Crippen molar-refractivity contribution >= 4 is 17.5 Å². The van der Waals surface area contributed by atoms with Crippen molar-refractivity contribution in [3.05, 3.63) is 83.9 Å². The first-order valence-corrected chi connectivity index (χ1v) is 11.1. The Balaban J connectivity index is 1.76. The third-order valence-electron chi connectivity index (χ3n) is 5.11. The van der Waals surface area contributed by atoms with Gasteiger partial charge in [-0.2, -0.15) is 0 Å². The number of hydrogen-bond donors (Lipinski definition) is 2. The molecule has 0 spiro atoms. The third-order valence-corrected chi connectivity index (χ3v) is 5.11. The molecule has 32 heavy (non-hydrogen) atoms. The summed E-state index contributed by atoms with van der Waals surface area (Å²) in [6.07, 6.45) is 4.15. The summed E-state index contributed by atoms with van der Waals surface area (Å²) >= 11 is 0. The van der Waals surface area contributed by atoms with Crippen molar-refractivity contribution in [2.75, 3.05) is 5.32 Å². The van der Waals surface area contributed by atoms with Gasteiger partial charge < -0.3 is 15.2 Å². The smallest absolute Gasteiger partial charge is 0.251 e. The zero-order valence-corrected chi connectivity index (χ0v) is 19.2. The maximum atomic E-state index is 13.2. The van der Waals surface area contributed by atoms with Crippen LogP contribution in [-0.4, -0.2) is 21.4 Å². The van der Waals surface area contributed by atoms with Crippen molar-refractivity contribution in [3.8, 4) is 0 Å². The van der Waals surface area contributed by atoms with E-state index in [2.05, 4.69) is 34.0 Å². The molecule has 6 nitrogen and oxygen atoms in total.